The first kappa shape index (κ1) is 26.6. The maximum absolute atomic E-state index is 13.4. The van der Waals surface area contributed by atoms with Crippen LogP contribution in [-0.4, -0.2) is 48.6 Å². The minimum absolute atomic E-state index is 0.105. The number of aliphatic hydroxyl groups excluding tert-OH is 1. The van der Waals surface area contributed by atoms with E-state index >= 15 is 0 Å². The summed E-state index contributed by atoms with van der Waals surface area (Å²) in [6, 6.07) is 10.8. The van der Waals surface area contributed by atoms with Crippen molar-refractivity contribution in [1.29, 1.82) is 0 Å². The third-order valence-corrected chi connectivity index (χ3v) is 7.18. The second kappa shape index (κ2) is 10.9. The maximum atomic E-state index is 13.4. The van der Waals surface area contributed by atoms with Gasteiger partial charge in [0.25, 0.3) is 5.78 Å². The fourth-order valence-corrected chi connectivity index (χ4v) is 5.17. The number of anilines is 1. The van der Waals surface area contributed by atoms with Gasteiger partial charge in [0.05, 0.1) is 31.5 Å². The highest BCUT2D eigenvalue weighted by molar-refractivity contribution is 7.17. The summed E-state index contributed by atoms with van der Waals surface area (Å²) in [6.07, 6.45) is 1.62. The summed E-state index contributed by atoms with van der Waals surface area (Å²) >= 11 is 0.937. The summed E-state index contributed by atoms with van der Waals surface area (Å²) in [7, 11) is 2.78. The lowest BCUT2D eigenvalue weighted by atomic mass is 9.95. The number of carbonyl (C=O) groups excluding carboxylic acids is 3. The Kier molecular flexibility index (Phi) is 7.63. The number of aryl methyl sites for hydroxylation is 2. The average Bonchev–Trinajstić information content (AvgIpc) is 3.43. The zero-order chi connectivity index (χ0) is 27.6. The summed E-state index contributed by atoms with van der Waals surface area (Å²) in [5, 5.41) is 11.5. The summed E-state index contributed by atoms with van der Waals surface area (Å²) in [5.74, 6) is -1.51. The van der Waals surface area contributed by atoms with Gasteiger partial charge in [-0.3, -0.25) is 14.5 Å². The van der Waals surface area contributed by atoms with Crippen molar-refractivity contribution in [3.63, 3.8) is 0 Å². The molecule has 9 nitrogen and oxygen atoms in total. The van der Waals surface area contributed by atoms with E-state index < -0.39 is 23.7 Å². The van der Waals surface area contributed by atoms with Crippen molar-refractivity contribution in [2.24, 2.45) is 0 Å². The predicted molar refractivity (Wildman–Crippen MR) is 143 cm³/mol. The maximum Gasteiger partial charge on any atom is 0.350 e. The molecular formula is C28H26N2O7S. The van der Waals surface area contributed by atoms with Crippen molar-refractivity contribution in [2.45, 2.75) is 19.9 Å². The highest BCUT2D eigenvalue weighted by Crippen LogP contribution is 2.44. The number of hydrogen-bond donors (Lipinski definition) is 1. The first-order valence-corrected chi connectivity index (χ1v) is 12.4. The minimum atomic E-state index is -1.01. The van der Waals surface area contributed by atoms with E-state index in [1.54, 1.807) is 62.4 Å². The Labute approximate surface area is 223 Å². The predicted octanol–water partition coefficient (Wildman–Crippen LogP) is 4.75. The molecule has 1 aromatic heterocycles. The molecular weight excluding hydrogens is 508 g/mol. The molecule has 0 spiro atoms. The zero-order valence-electron chi connectivity index (χ0n) is 21.3. The van der Waals surface area contributed by atoms with Gasteiger partial charge in [0.15, 0.2) is 5.13 Å². The van der Waals surface area contributed by atoms with Crippen LogP contribution in [0.1, 0.15) is 38.1 Å². The van der Waals surface area contributed by atoms with Crippen LogP contribution in [0, 0.1) is 13.8 Å². The first-order chi connectivity index (χ1) is 18.2. The molecule has 4 rings (SSSR count). The number of aliphatic hydroxyl groups is 1. The van der Waals surface area contributed by atoms with Crippen LogP contribution in [0.2, 0.25) is 0 Å². The fourth-order valence-electron chi connectivity index (χ4n) is 4.16. The van der Waals surface area contributed by atoms with Gasteiger partial charge in [-0.15, -0.1) is 0 Å². The van der Waals surface area contributed by atoms with Crippen LogP contribution < -0.4 is 14.4 Å². The molecule has 1 aliphatic heterocycles. The van der Waals surface area contributed by atoms with E-state index in [2.05, 4.69) is 11.6 Å². The van der Waals surface area contributed by atoms with Gasteiger partial charge in [-0.1, -0.05) is 36.1 Å². The Balaban J connectivity index is 1.89. The van der Waals surface area contributed by atoms with Crippen LogP contribution in [0.4, 0.5) is 5.13 Å². The van der Waals surface area contributed by atoms with E-state index in [0.29, 0.717) is 34.9 Å². The molecule has 1 saturated heterocycles. The summed E-state index contributed by atoms with van der Waals surface area (Å²) < 4.78 is 15.7. The quantitative estimate of drug-likeness (QED) is 0.145. The van der Waals surface area contributed by atoms with Gasteiger partial charge < -0.3 is 19.3 Å². The number of benzene rings is 2. The van der Waals surface area contributed by atoms with Crippen LogP contribution >= 0.6 is 11.3 Å². The van der Waals surface area contributed by atoms with Crippen molar-refractivity contribution in [3.05, 3.63) is 88.0 Å². The fraction of sp³-hybridized carbons (Fsp3) is 0.214. The zero-order valence-corrected chi connectivity index (χ0v) is 22.1. The summed E-state index contributed by atoms with van der Waals surface area (Å²) in [4.78, 5) is 44.8. The third-order valence-electron chi connectivity index (χ3n) is 6.04. The molecule has 3 aromatic rings. The van der Waals surface area contributed by atoms with E-state index in [0.717, 1.165) is 16.9 Å². The Morgan fingerprint density at radius 3 is 2.47 bits per heavy atom. The molecule has 10 heteroatoms. The molecule has 0 saturated carbocycles. The van der Waals surface area contributed by atoms with Crippen molar-refractivity contribution < 1.29 is 33.7 Å². The van der Waals surface area contributed by atoms with Crippen molar-refractivity contribution >= 4 is 39.9 Å². The number of esters is 1. The largest absolute Gasteiger partial charge is 0.507 e. The van der Waals surface area contributed by atoms with Gasteiger partial charge in [0, 0.05) is 5.56 Å². The van der Waals surface area contributed by atoms with Gasteiger partial charge in [-0.25, -0.2) is 9.78 Å². The lowest BCUT2D eigenvalue weighted by Crippen LogP contribution is -2.29. The number of methoxy groups -OCH3 is 2. The van der Waals surface area contributed by atoms with Crippen molar-refractivity contribution in [3.8, 4) is 11.5 Å². The van der Waals surface area contributed by atoms with E-state index in [9.17, 15) is 19.5 Å². The Morgan fingerprint density at radius 2 is 1.87 bits per heavy atom. The van der Waals surface area contributed by atoms with E-state index in [1.807, 2.05) is 0 Å². The summed E-state index contributed by atoms with van der Waals surface area (Å²) in [5.41, 5.74) is 1.87. The second-order valence-corrected chi connectivity index (χ2v) is 9.40. The average molecular weight is 535 g/mol. The van der Waals surface area contributed by atoms with Crippen LogP contribution in [0.5, 0.6) is 11.5 Å². The molecule has 0 aliphatic carbocycles. The molecule has 196 valence electrons. The van der Waals surface area contributed by atoms with Gasteiger partial charge in [0.2, 0.25) is 0 Å². The monoisotopic (exact) mass is 534 g/mol. The number of aromatic nitrogens is 1. The smallest absolute Gasteiger partial charge is 0.350 e. The number of nitrogens with zero attached hydrogens (tertiary/aromatic N) is 2. The topological polar surface area (TPSA) is 115 Å². The van der Waals surface area contributed by atoms with E-state index in [-0.39, 0.29) is 21.3 Å². The Bertz CT molecular complexity index is 1460. The van der Waals surface area contributed by atoms with Gasteiger partial charge in [-0.05, 0) is 55.3 Å². The number of amides is 1. The molecule has 1 atom stereocenters. The molecule has 1 N–H and O–H groups in total. The lowest BCUT2D eigenvalue weighted by Gasteiger charge is -2.23. The lowest BCUT2D eigenvalue weighted by molar-refractivity contribution is -0.132. The van der Waals surface area contributed by atoms with Crippen LogP contribution in [0.3, 0.4) is 0 Å². The van der Waals surface area contributed by atoms with Crippen LogP contribution in [-0.2, 0) is 14.3 Å². The number of ketones is 1. The molecule has 1 aliphatic rings. The number of Topliss-reactive ketones (excluding diaryl/α,β-unsaturated/α-hetero) is 1. The highest BCUT2D eigenvalue weighted by atomic mass is 32.1. The number of thiazole rings is 1. The first-order valence-electron chi connectivity index (χ1n) is 11.6. The molecule has 1 fully saturated rings. The van der Waals surface area contributed by atoms with E-state index in [4.69, 9.17) is 14.2 Å². The Hall–Kier alpha value is -4.44. The molecule has 2 aromatic carbocycles. The molecule has 1 unspecified atom stereocenters. The number of hydrogen-bond acceptors (Lipinski definition) is 9. The molecule has 1 amide bonds. The SMILES string of the molecule is C=CCOc1ccc(C(O)=C2C(=O)C(=O)N(c3nc(C)c(C(=O)OC)s3)C2c2ccc(OC)cc2)cc1C. The van der Waals surface area contributed by atoms with Gasteiger partial charge in [-0.2, -0.15) is 0 Å². The van der Waals surface area contributed by atoms with E-state index in [1.165, 1.54) is 19.1 Å². The van der Waals surface area contributed by atoms with Gasteiger partial charge >= 0.3 is 11.9 Å². The molecule has 0 bridgehead atoms. The second-order valence-electron chi connectivity index (χ2n) is 8.42. The third kappa shape index (κ3) is 4.78. The number of ether oxygens (including phenoxy) is 3. The molecule has 2 heterocycles. The van der Waals surface area contributed by atoms with Gasteiger partial charge in [0.1, 0.15) is 28.7 Å². The standard InChI is InChI=1S/C28H26N2O7S/c1-6-13-37-20-12-9-18(14-15(20)2)23(31)21-22(17-7-10-19(35-4)11-8-17)30(26(33)24(21)32)28-29-16(3)25(38-28)27(34)36-5/h6-12,14,22,31H,1,13H2,2-5H3. The van der Waals surface area contributed by atoms with Crippen LogP contribution in [0.25, 0.3) is 5.76 Å². The number of rotatable bonds is 8. The number of carbonyl (C=O) groups is 3. The minimum Gasteiger partial charge on any atom is -0.507 e. The van der Waals surface area contributed by atoms with Crippen molar-refractivity contribution in [2.75, 3.05) is 25.7 Å². The molecule has 38 heavy (non-hydrogen) atoms. The Morgan fingerprint density at radius 1 is 1.16 bits per heavy atom. The molecule has 0 radical (unpaired) electrons. The highest BCUT2D eigenvalue weighted by Gasteiger charge is 2.48. The van der Waals surface area contributed by atoms with Crippen LogP contribution in [0.15, 0.2) is 60.7 Å². The van der Waals surface area contributed by atoms with Crippen molar-refractivity contribution in [1.82, 2.24) is 4.98 Å². The normalized spacial score (nSPS) is 16.4. The summed E-state index contributed by atoms with van der Waals surface area (Å²) in [6.45, 7) is 7.37.